The van der Waals surface area contributed by atoms with Gasteiger partial charge >= 0.3 is 0 Å². The zero-order valence-corrected chi connectivity index (χ0v) is 11.1. The lowest BCUT2D eigenvalue weighted by molar-refractivity contribution is 0.620. The number of benzene rings is 3. The highest BCUT2D eigenvalue weighted by Gasteiger charge is 1.98. The van der Waals surface area contributed by atoms with Crippen molar-refractivity contribution in [3.05, 3.63) is 83.7 Å². The predicted octanol–water partition coefficient (Wildman–Crippen LogP) is 4.27. The van der Waals surface area contributed by atoms with Gasteiger partial charge in [0.05, 0.1) is 0 Å². The summed E-state index contributed by atoms with van der Waals surface area (Å²) in [5.41, 5.74) is 2.20. The van der Waals surface area contributed by atoms with Crippen LogP contribution in [0, 0.1) is 5.82 Å². The summed E-state index contributed by atoms with van der Waals surface area (Å²) >= 11 is 0. The first-order valence-corrected chi connectivity index (χ1v) is 6.74. The number of hydrogen-bond acceptors (Lipinski definition) is 1. The van der Waals surface area contributed by atoms with Crippen LogP contribution in [-0.4, -0.2) is 0 Å². The number of nitrogens with one attached hydrogen (secondary N) is 1. The number of fused-ring (bicyclic) bond motifs is 1. The van der Waals surface area contributed by atoms with Crippen molar-refractivity contribution in [3.8, 4) is 0 Å². The van der Waals surface area contributed by atoms with Gasteiger partial charge in [0, 0.05) is 13.1 Å². The third kappa shape index (κ3) is 3.03. The van der Waals surface area contributed by atoms with E-state index in [0.29, 0.717) is 6.54 Å². The normalized spacial score (nSPS) is 10.8. The Bertz CT molecular complexity index is 721. The van der Waals surface area contributed by atoms with Crippen LogP contribution in [0.1, 0.15) is 11.1 Å². The largest absolute Gasteiger partial charge is 0.309 e. The van der Waals surface area contributed by atoms with E-state index in [1.54, 1.807) is 12.1 Å². The average Bonchev–Trinajstić information content (AvgIpc) is 2.47. The Balaban J connectivity index is 1.65. The van der Waals surface area contributed by atoms with Crippen LogP contribution >= 0.6 is 0 Å². The minimum atomic E-state index is -0.185. The Morgan fingerprint density at radius 3 is 2.25 bits per heavy atom. The quantitative estimate of drug-likeness (QED) is 0.743. The van der Waals surface area contributed by atoms with Gasteiger partial charge in [-0.2, -0.15) is 0 Å². The molecule has 0 saturated heterocycles. The lowest BCUT2D eigenvalue weighted by Crippen LogP contribution is -2.12. The summed E-state index contributed by atoms with van der Waals surface area (Å²) in [5.74, 6) is -0.185. The van der Waals surface area contributed by atoms with E-state index in [0.717, 1.165) is 12.1 Å². The molecule has 1 nitrogen and oxygen atoms in total. The molecule has 3 rings (SSSR count). The molecule has 3 aromatic rings. The van der Waals surface area contributed by atoms with Crippen LogP contribution in [-0.2, 0) is 13.1 Å². The monoisotopic (exact) mass is 265 g/mol. The first kappa shape index (κ1) is 12.8. The van der Waals surface area contributed by atoms with Gasteiger partial charge in [0.15, 0.2) is 0 Å². The Hall–Kier alpha value is -2.19. The molecule has 2 heteroatoms. The fourth-order valence-electron chi connectivity index (χ4n) is 2.35. The van der Waals surface area contributed by atoms with Crippen LogP contribution < -0.4 is 5.32 Å². The second-order valence-electron chi connectivity index (χ2n) is 4.91. The van der Waals surface area contributed by atoms with Crippen molar-refractivity contribution < 1.29 is 4.39 Å². The summed E-state index contributed by atoms with van der Waals surface area (Å²) in [5, 5.41) is 5.84. The van der Waals surface area contributed by atoms with Crippen molar-refractivity contribution in [2.24, 2.45) is 0 Å². The van der Waals surface area contributed by atoms with E-state index in [1.165, 1.54) is 22.4 Å². The van der Waals surface area contributed by atoms with Crippen LogP contribution in [0.4, 0.5) is 4.39 Å². The molecule has 1 N–H and O–H groups in total. The van der Waals surface area contributed by atoms with Crippen LogP contribution in [0.2, 0.25) is 0 Å². The zero-order chi connectivity index (χ0) is 13.8. The molecule has 0 spiro atoms. The summed E-state index contributed by atoms with van der Waals surface area (Å²) < 4.78 is 13.1. The van der Waals surface area contributed by atoms with Gasteiger partial charge in [-0.25, -0.2) is 4.39 Å². The summed E-state index contributed by atoms with van der Waals surface area (Å²) in [6.07, 6.45) is 0. The molecule has 0 fully saturated rings. The van der Waals surface area contributed by atoms with Crippen molar-refractivity contribution in [2.45, 2.75) is 13.1 Å². The minimum absolute atomic E-state index is 0.185. The molecular formula is C18H16FN. The maximum atomic E-state index is 13.1. The zero-order valence-electron chi connectivity index (χ0n) is 11.1. The first-order chi connectivity index (χ1) is 9.81. The second kappa shape index (κ2) is 5.85. The highest BCUT2D eigenvalue weighted by Crippen LogP contribution is 2.15. The van der Waals surface area contributed by atoms with E-state index in [4.69, 9.17) is 0 Å². The van der Waals surface area contributed by atoms with Gasteiger partial charge < -0.3 is 5.32 Å². The standard InChI is InChI=1S/C18H16FN/c19-18-7-3-4-14(11-18)12-20-13-15-8-9-16-5-1-2-6-17(16)10-15/h1-11,20H,12-13H2. The molecule has 0 aliphatic rings. The molecule has 0 aliphatic heterocycles. The third-order valence-corrected chi connectivity index (χ3v) is 3.36. The van der Waals surface area contributed by atoms with Gasteiger partial charge in [0.1, 0.15) is 5.82 Å². The topological polar surface area (TPSA) is 12.0 Å². The van der Waals surface area contributed by atoms with Crippen LogP contribution in [0.15, 0.2) is 66.7 Å². The van der Waals surface area contributed by atoms with Gasteiger partial charge in [0.25, 0.3) is 0 Å². The molecule has 100 valence electrons. The summed E-state index contributed by atoms with van der Waals surface area (Å²) in [6, 6.07) is 21.5. The Kier molecular flexibility index (Phi) is 3.75. The van der Waals surface area contributed by atoms with Gasteiger partial charge in [-0.15, -0.1) is 0 Å². The predicted molar refractivity (Wildman–Crippen MR) is 80.9 cm³/mol. The number of halogens is 1. The third-order valence-electron chi connectivity index (χ3n) is 3.36. The van der Waals surface area contributed by atoms with E-state index in [2.05, 4.69) is 35.6 Å². The summed E-state index contributed by atoms with van der Waals surface area (Å²) in [6.45, 7) is 1.45. The molecule has 3 aromatic carbocycles. The van der Waals surface area contributed by atoms with Gasteiger partial charge in [-0.3, -0.25) is 0 Å². The highest BCUT2D eigenvalue weighted by atomic mass is 19.1. The maximum Gasteiger partial charge on any atom is 0.123 e. The smallest absolute Gasteiger partial charge is 0.123 e. The molecule has 0 amide bonds. The van der Waals surface area contributed by atoms with E-state index in [1.807, 2.05) is 18.2 Å². The summed E-state index contributed by atoms with van der Waals surface area (Å²) in [4.78, 5) is 0. The molecular weight excluding hydrogens is 249 g/mol. The van der Waals surface area contributed by atoms with E-state index in [-0.39, 0.29) is 5.82 Å². The molecule has 0 atom stereocenters. The fraction of sp³-hybridized carbons (Fsp3) is 0.111. The minimum Gasteiger partial charge on any atom is -0.309 e. The van der Waals surface area contributed by atoms with Crippen LogP contribution in [0.5, 0.6) is 0 Å². The van der Waals surface area contributed by atoms with Gasteiger partial charge in [0.2, 0.25) is 0 Å². The Labute approximate surface area is 118 Å². The molecule has 0 bridgehead atoms. The Morgan fingerprint density at radius 2 is 1.45 bits per heavy atom. The van der Waals surface area contributed by atoms with E-state index in [9.17, 15) is 4.39 Å². The molecule has 0 aliphatic carbocycles. The van der Waals surface area contributed by atoms with Crippen molar-refractivity contribution in [1.82, 2.24) is 5.32 Å². The molecule has 0 saturated carbocycles. The maximum absolute atomic E-state index is 13.1. The Morgan fingerprint density at radius 1 is 0.700 bits per heavy atom. The van der Waals surface area contributed by atoms with Gasteiger partial charge in [-0.1, -0.05) is 48.5 Å². The average molecular weight is 265 g/mol. The number of hydrogen-bond donors (Lipinski definition) is 1. The van der Waals surface area contributed by atoms with E-state index >= 15 is 0 Å². The lowest BCUT2D eigenvalue weighted by Gasteiger charge is -2.06. The SMILES string of the molecule is Fc1cccc(CNCc2ccc3ccccc3c2)c1. The molecule has 20 heavy (non-hydrogen) atoms. The van der Waals surface area contributed by atoms with Crippen LogP contribution in [0.25, 0.3) is 10.8 Å². The molecule has 0 radical (unpaired) electrons. The second-order valence-corrected chi connectivity index (χ2v) is 4.91. The van der Waals surface area contributed by atoms with Gasteiger partial charge in [-0.05, 0) is 40.1 Å². The van der Waals surface area contributed by atoms with E-state index < -0.39 is 0 Å². The lowest BCUT2D eigenvalue weighted by atomic mass is 10.1. The molecule has 0 unspecified atom stereocenters. The van der Waals surface area contributed by atoms with Crippen molar-refractivity contribution in [1.29, 1.82) is 0 Å². The fourth-order valence-corrected chi connectivity index (χ4v) is 2.35. The first-order valence-electron chi connectivity index (χ1n) is 6.74. The highest BCUT2D eigenvalue weighted by molar-refractivity contribution is 5.82. The molecule has 0 aromatic heterocycles. The molecule has 0 heterocycles. The summed E-state index contributed by atoms with van der Waals surface area (Å²) in [7, 11) is 0. The van der Waals surface area contributed by atoms with Crippen LogP contribution in [0.3, 0.4) is 0 Å². The van der Waals surface area contributed by atoms with Crippen molar-refractivity contribution >= 4 is 10.8 Å². The van der Waals surface area contributed by atoms with Crippen molar-refractivity contribution in [2.75, 3.05) is 0 Å². The number of rotatable bonds is 4. The van der Waals surface area contributed by atoms with Crippen molar-refractivity contribution in [3.63, 3.8) is 0 Å².